The molecule has 0 bridgehead atoms. The molecule has 1 heterocycles. The summed E-state index contributed by atoms with van der Waals surface area (Å²) in [6.07, 6.45) is 3.22. The number of hydrogen-bond acceptors (Lipinski definition) is 1. The molecular formula is C12H10F2O. The van der Waals surface area contributed by atoms with E-state index in [9.17, 15) is 8.78 Å². The van der Waals surface area contributed by atoms with Gasteiger partial charge in [-0.05, 0) is 12.1 Å². The third-order valence-corrected chi connectivity index (χ3v) is 2.91. The number of halogens is 2. The number of hydrogen-bond donors (Lipinski definition) is 0. The van der Waals surface area contributed by atoms with Crippen molar-refractivity contribution in [3.63, 3.8) is 0 Å². The van der Waals surface area contributed by atoms with Gasteiger partial charge in [-0.25, -0.2) is 8.78 Å². The fraction of sp³-hybridized carbons (Fsp3) is 0.333. The van der Waals surface area contributed by atoms with Crippen LogP contribution in [0.1, 0.15) is 18.4 Å². The second kappa shape index (κ2) is 2.60. The molecule has 0 N–H and O–H groups in total. The first kappa shape index (κ1) is 8.89. The molecule has 2 aliphatic rings. The van der Waals surface area contributed by atoms with Crippen molar-refractivity contribution in [2.75, 3.05) is 0 Å². The third kappa shape index (κ3) is 1.34. The molecule has 1 aliphatic heterocycles. The minimum absolute atomic E-state index is 0.204. The molecule has 1 aromatic carbocycles. The second-order valence-electron chi connectivity index (χ2n) is 4.25. The summed E-state index contributed by atoms with van der Waals surface area (Å²) in [6.45, 7) is 0. The van der Waals surface area contributed by atoms with Crippen LogP contribution in [-0.2, 0) is 0 Å². The van der Waals surface area contributed by atoms with Gasteiger partial charge in [0.25, 0.3) is 5.92 Å². The van der Waals surface area contributed by atoms with Gasteiger partial charge in [-0.3, -0.25) is 0 Å². The van der Waals surface area contributed by atoms with E-state index in [1.165, 1.54) is 0 Å². The molecular weight excluding hydrogens is 198 g/mol. The second-order valence-corrected chi connectivity index (χ2v) is 4.25. The molecule has 0 radical (unpaired) electrons. The highest BCUT2D eigenvalue weighted by Gasteiger charge is 2.58. The highest BCUT2D eigenvalue weighted by molar-refractivity contribution is 5.61. The van der Waals surface area contributed by atoms with Gasteiger partial charge >= 0.3 is 0 Å². The Morgan fingerprint density at radius 2 is 1.87 bits per heavy atom. The smallest absolute Gasteiger partial charge is 0.256 e. The molecule has 1 saturated carbocycles. The molecule has 15 heavy (non-hydrogen) atoms. The summed E-state index contributed by atoms with van der Waals surface area (Å²) in [6, 6.07) is 7.48. The van der Waals surface area contributed by atoms with Crippen molar-refractivity contribution in [3.05, 3.63) is 35.9 Å². The van der Waals surface area contributed by atoms with Crippen molar-refractivity contribution in [2.24, 2.45) is 0 Å². The normalized spacial score (nSPS) is 24.1. The van der Waals surface area contributed by atoms with Crippen LogP contribution >= 0.6 is 0 Å². The maximum Gasteiger partial charge on any atom is 0.256 e. The predicted octanol–water partition coefficient (Wildman–Crippen LogP) is 3.26. The molecule has 0 amide bonds. The van der Waals surface area contributed by atoms with Gasteiger partial charge < -0.3 is 4.74 Å². The van der Waals surface area contributed by atoms with Crippen LogP contribution in [0.4, 0.5) is 8.78 Å². The number of fused-ring (bicyclic) bond motifs is 1. The first-order valence-corrected chi connectivity index (χ1v) is 4.94. The molecule has 1 spiro atoms. The quantitative estimate of drug-likeness (QED) is 0.635. The van der Waals surface area contributed by atoms with Crippen molar-refractivity contribution in [1.29, 1.82) is 0 Å². The molecule has 0 atom stereocenters. The average molecular weight is 208 g/mol. The van der Waals surface area contributed by atoms with Crippen LogP contribution in [-0.4, -0.2) is 11.5 Å². The Bertz CT molecular complexity index is 429. The van der Waals surface area contributed by atoms with Gasteiger partial charge in [-0.15, -0.1) is 0 Å². The molecule has 1 fully saturated rings. The Balaban J connectivity index is 1.91. The zero-order chi connectivity index (χ0) is 10.5. The van der Waals surface area contributed by atoms with Crippen molar-refractivity contribution in [1.82, 2.24) is 0 Å². The van der Waals surface area contributed by atoms with E-state index in [2.05, 4.69) is 0 Å². The van der Waals surface area contributed by atoms with Crippen LogP contribution in [0.5, 0.6) is 5.75 Å². The maximum atomic E-state index is 12.8. The van der Waals surface area contributed by atoms with Crippen molar-refractivity contribution in [2.45, 2.75) is 24.4 Å². The van der Waals surface area contributed by atoms with Gasteiger partial charge in [0.2, 0.25) is 0 Å². The van der Waals surface area contributed by atoms with Crippen molar-refractivity contribution >= 4 is 6.08 Å². The fourth-order valence-electron chi connectivity index (χ4n) is 2.22. The summed E-state index contributed by atoms with van der Waals surface area (Å²) >= 11 is 0. The van der Waals surface area contributed by atoms with Gasteiger partial charge in [-0.1, -0.05) is 24.3 Å². The lowest BCUT2D eigenvalue weighted by molar-refractivity contribution is -0.170. The third-order valence-electron chi connectivity index (χ3n) is 2.91. The van der Waals surface area contributed by atoms with E-state index in [1.807, 2.05) is 30.3 Å². The lowest BCUT2D eigenvalue weighted by Gasteiger charge is -2.46. The Morgan fingerprint density at radius 3 is 2.60 bits per heavy atom. The minimum atomic E-state index is -2.56. The molecule has 1 nitrogen and oxygen atoms in total. The van der Waals surface area contributed by atoms with E-state index < -0.39 is 11.5 Å². The van der Waals surface area contributed by atoms with Gasteiger partial charge in [0, 0.05) is 5.56 Å². The molecule has 3 rings (SSSR count). The molecule has 3 heteroatoms. The number of alkyl halides is 2. The lowest BCUT2D eigenvalue weighted by Crippen LogP contribution is -2.55. The van der Waals surface area contributed by atoms with Gasteiger partial charge in [-0.2, -0.15) is 0 Å². The predicted molar refractivity (Wildman–Crippen MR) is 53.0 cm³/mol. The Kier molecular flexibility index (Phi) is 1.54. The van der Waals surface area contributed by atoms with E-state index in [0.29, 0.717) is 5.75 Å². The SMILES string of the molecule is FC1(F)CC2(C=Cc3ccccc3O2)C1. The first-order valence-electron chi connectivity index (χ1n) is 4.94. The molecule has 78 valence electrons. The van der Waals surface area contributed by atoms with Crippen LogP contribution in [0.2, 0.25) is 0 Å². The van der Waals surface area contributed by atoms with E-state index in [0.717, 1.165) is 5.56 Å². The summed E-state index contributed by atoms with van der Waals surface area (Å²) in [5.41, 5.74) is 0.205. The highest BCUT2D eigenvalue weighted by atomic mass is 19.3. The topological polar surface area (TPSA) is 9.23 Å². The zero-order valence-corrected chi connectivity index (χ0v) is 8.04. The van der Waals surface area contributed by atoms with Crippen LogP contribution in [0, 0.1) is 0 Å². The van der Waals surface area contributed by atoms with Gasteiger partial charge in [0.1, 0.15) is 11.4 Å². The van der Waals surface area contributed by atoms with Gasteiger partial charge in [0.05, 0.1) is 12.8 Å². The zero-order valence-electron chi connectivity index (χ0n) is 8.04. The van der Waals surface area contributed by atoms with E-state index in [1.54, 1.807) is 6.08 Å². The Hall–Kier alpha value is -1.38. The molecule has 1 aliphatic carbocycles. The Labute approximate surface area is 86.4 Å². The molecule has 1 aromatic rings. The van der Waals surface area contributed by atoms with Crippen LogP contribution in [0.3, 0.4) is 0 Å². The largest absolute Gasteiger partial charge is 0.482 e. The van der Waals surface area contributed by atoms with Crippen LogP contribution in [0.15, 0.2) is 30.3 Å². The lowest BCUT2D eigenvalue weighted by atomic mass is 9.75. The van der Waals surface area contributed by atoms with E-state index in [4.69, 9.17) is 4.74 Å². The summed E-state index contributed by atoms with van der Waals surface area (Å²) < 4.78 is 31.3. The summed E-state index contributed by atoms with van der Waals surface area (Å²) in [5, 5.41) is 0. The summed E-state index contributed by atoms with van der Waals surface area (Å²) in [7, 11) is 0. The standard InChI is InChI=1S/C12H10F2O/c13-12(14)7-11(8-12)6-5-9-3-1-2-4-10(9)15-11/h1-6H,7-8H2. The van der Waals surface area contributed by atoms with E-state index >= 15 is 0 Å². The summed E-state index contributed by atoms with van der Waals surface area (Å²) in [4.78, 5) is 0. The van der Waals surface area contributed by atoms with Crippen LogP contribution in [0.25, 0.3) is 6.08 Å². The van der Waals surface area contributed by atoms with Crippen molar-refractivity contribution in [3.8, 4) is 5.75 Å². The molecule has 0 saturated heterocycles. The first-order chi connectivity index (χ1) is 7.09. The molecule has 0 unspecified atom stereocenters. The van der Waals surface area contributed by atoms with Crippen molar-refractivity contribution < 1.29 is 13.5 Å². The number of rotatable bonds is 0. The maximum absolute atomic E-state index is 12.8. The number of ether oxygens (including phenoxy) is 1. The number of para-hydroxylation sites is 1. The fourth-order valence-corrected chi connectivity index (χ4v) is 2.22. The minimum Gasteiger partial charge on any atom is -0.482 e. The highest BCUT2D eigenvalue weighted by Crippen LogP contribution is 2.51. The summed E-state index contributed by atoms with van der Waals surface area (Å²) in [5.74, 6) is -1.85. The monoisotopic (exact) mass is 208 g/mol. The van der Waals surface area contributed by atoms with Crippen LogP contribution < -0.4 is 4.74 Å². The Morgan fingerprint density at radius 1 is 1.13 bits per heavy atom. The average Bonchev–Trinajstić information content (AvgIpc) is 2.14. The van der Waals surface area contributed by atoms with Gasteiger partial charge in [0.15, 0.2) is 0 Å². The molecule has 0 aromatic heterocycles. The number of benzene rings is 1. The van der Waals surface area contributed by atoms with E-state index in [-0.39, 0.29) is 12.8 Å².